The van der Waals surface area contributed by atoms with E-state index in [1.54, 1.807) is 31.2 Å². The molecule has 4 nitrogen and oxygen atoms in total. The van der Waals surface area contributed by atoms with Gasteiger partial charge in [-0.2, -0.15) is 0 Å². The molecule has 0 bridgehead atoms. The molecule has 0 aromatic heterocycles. The van der Waals surface area contributed by atoms with Gasteiger partial charge in [-0.05, 0) is 48.9 Å². The van der Waals surface area contributed by atoms with Gasteiger partial charge >= 0.3 is 6.03 Å². The van der Waals surface area contributed by atoms with E-state index in [1.807, 2.05) is 0 Å². The van der Waals surface area contributed by atoms with Crippen LogP contribution in [0.4, 0.5) is 20.6 Å². The first-order valence-corrected chi connectivity index (χ1v) is 5.68. The number of carbonyl (C=O) groups is 1. The molecule has 0 saturated carbocycles. The predicted molar refractivity (Wildman–Crippen MR) is 71.9 cm³/mol. The third-order valence-electron chi connectivity index (χ3n) is 2.55. The van der Waals surface area contributed by atoms with Crippen LogP contribution in [0.25, 0.3) is 0 Å². The fraction of sp³-hybridized carbons (Fsp3) is 0.0714. The Hall–Kier alpha value is -2.56. The fourth-order valence-corrected chi connectivity index (χ4v) is 1.51. The number of halogens is 1. The van der Waals surface area contributed by atoms with Gasteiger partial charge in [0.15, 0.2) is 0 Å². The number of nitrogens with one attached hydrogen (secondary N) is 2. The Morgan fingerprint density at radius 3 is 2.26 bits per heavy atom. The zero-order valence-corrected chi connectivity index (χ0v) is 10.3. The summed E-state index contributed by atoms with van der Waals surface area (Å²) in [6, 6.07) is 10.0. The van der Waals surface area contributed by atoms with Crippen molar-refractivity contribution in [3.8, 4) is 5.75 Å². The van der Waals surface area contributed by atoms with Gasteiger partial charge in [0, 0.05) is 11.4 Å². The molecule has 2 rings (SSSR count). The molecule has 0 spiro atoms. The normalized spacial score (nSPS) is 10.0. The summed E-state index contributed by atoms with van der Waals surface area (Å²) < 4.78 is 13.3. The number of rotatable bonds is 2. The van der Waals surface area contributed by atoms with Gasteiger partial charge in [-0.15, -0.1) is 0 Å². The van der Waals surface area contributed by atoms with E-state index in [9.17, 15) is 9.18 Å². The largest absolute Gasteiger partial charge is 0.508 e. The highest BCUT2D eigenvalue weighted by Crippen LogP contribution is 2.16. The second-order valence-electron chi connectivity index (χ2n) is 4.09. The molecule has 0 aliphatic heterocycles. The number of hydrogen-bond acceptors (Lipinski definition) is 2. The number of amides is 2. The summed E-state index contributed by atoms with van der Waals surface area (Å²) in [5, 5.41) is 14.2. The number of phenols is 1. The molecular weight excluding hydrogens is 247 g/mol. The van der Waals surface area contributed by atoms with Crippen LogP contribution in [0.15, 0.2) is 42.5 Å². The molecule has 2 aromatic rings. The zero-order chi connectivity index (χ0) is 13.8. The van der Waals surface area contributed by atoms with Crippen LogP contribution in [-0.4, -0.2) is 11.1 Å². The minimum atomic E-state index is -0.478. The molecule has 19 heavy (non-hydrogen) atoms. The Morgan fingerprint density at radius 2 is 1.63 bits per heavy atom. The second kappa shape index (κ2) is 5.39. The van der Waals surface area contributed by atoms with Crippen molar-refractivity contribution in [2.24, 2.45) is 0 Å². The number of aromatic hydroxyl groups is 1. The maximum Gasteiger partial charge on any atom is 0.323 e. The summed E-state index contributed by atoms with van der Waals surface area (Å²) in [5.74, 6) is -0.256. The Morgan fingerprint density at radius 1 is 1.05 bits per heavy atom. The van der Waals surface area contributed by atoms with Crippen LogP contribution in [0.5, 0.6) is 5.75 Å². The number of hydrogen-bond donors (Lipinski definition) is 3. The highest BCUT2D eigenvalue weighted by atomic mass is 19.1. The quantitative estimate of drug-likeness (QED) is 0.724. The topological polar surface area (TPSA) is 61.4 Å². The van der Waals surface area contributed by atoms with E-state index in [-0.39, 0.29) is 11.6 Å². The predicted octanol–water partition coefficient (Wildman–Crippen LogP) is 3.48. The van der Waals surface area contributed by atoms with Crippen molar-refractivity contribution in [2.45, 2.75) is 6.92 Å². The highest BCUT2D eigenvalue weighted by Gasteiger charge is 2.04. The molecule has 0 aliphatic carbocycles. The van der Waals surface area contributed by atoms with E-state index in [0.717, 1.165) is 0 Å². The van der Waals surface area contributed by atoms with Crippen molar-refractivity contribution in [3.05, 3.63) is 53.8 Å². The summed E-state index contributed by atoms with van der Waals surface area (Å²) in [4.78, 5) is 11.7. The first-order valence-electron chi connectivity index (χ1n) is 5.68. The van der Waals surface area contributed by atoms with Crippen LogP contribution in [0.3, 0.4) is 0 Å². The molecule has 3 N–H and O–H groups in total. The summed E-state index contributed by atoms with van der Waals surface area (Å²) >= 11 is 0. The average Bonchev–Trinajstić information content (AvgIpc) is 2.37. The maximum atomic E-state index is 13.3. The lowest BCUT2D eigenvalue weighted by Gasteiger charge is -2.08. The molecule has 0 unspecified atom stereocenters. The Kier molecular flexibility index (Phi) is 3.66. The molecular formula is C14H13FN2O2. The SMILES string of the molecule is Cc1ccc(NC(=O)Nc2ccc(O)cc2)cc1F. The molecule has 0 aliphatic rings. The second-order valence-corrected chi connectivity index (χ2v) is 4.09. The number of phenolic OH excluding ortho intramolecular Hbond substituents is 1. The third kappa shape index (κ3) is 3.45. The van der Waals surface area contributed by atoms with Gasteiger partial charge in [-0.1, -0.05) is 6.07 Å². The van der Waals surface area contributed by atoms with Crippen LogP contribution in [0, 0.1) is 12.7 Å². The number of anilines is 2. The molecule has 0 heterocycles. The fourth-order valence-electron chi connectivity index (χ4n) is 1.51. The summed E-state index contributed by atoms with van der Waals surface area (Å²) in [7, 11) is 0. The van der Waals surface area contributed by atoms with E-state index in [2.05, 4.69) is 10.6 Å². The number of urea groups is 1. The van der Waals surface area contributed by atoms with E-state index < -0.39 is 6.03 Å². The lowest BCUT2D eigenvalue weighted by Crippen LogP contribution is -2.19. The average molecular weight is 260 g/mol. The molecule has 0 saturated heterocycles. The van der Waals surface area contributed by atoms with Crippen molar-refractivity contribution in [3.63, 3.8) is 0 Å². The standard InChI is InChI=1S/C14H13FN2O2/c1-9-2-3-11(8-13(9)15)17-14(19)16-10-4-6-12(18)7-5-10/h2-8,18H,1H3,(H2,16,17,19). The van der Waals surface area contributed by atoms with E-state index in [0.29, 0.717) is 16.9 Å². The molecule has 0 atom stereocenters. The lowest BCUT2D eigenvalue weighted by atomic mass is 10.2. The molecule has 0 radical (unpaired) electrons. The maximum absolute atomic E-state index is 13.3. The van der Waals surface area contributed by atoms with Crippen LogP contribution in [0.1, 0.15) is 5.56 Å². The van der Waals surface area contributed by atoms with E-state index in [4.69, 9.17) is 5.11 Å². The summed E-state index contributed by atoms with van der Waals surface area (Å²) in [6.45, 7) is 1.65. The van der Waals surface area contributed by atoms with Crippen molar-refractivity contribution in [1.29, 1.82) is 0 Å². The van der Waals surface area contributed by atoms with E-state index >= 15 is 0 Å². The monoisotopic (exact) mass is 260 g/mol. The van der Waals surface area contributed by atoms with Gasteiger partial charge in [0.2, 0.25) is 0 Å². The van der Waals surface area contributed by atoms with Crippen LogP contribution < -0.4 is 10.6 Å². The number of carbonyl (C=O) groups excluding carboxylic acids is 1. The van der Waals surface area contributed by atoms with Gasteiger partial charge in [0.25, 0.3) is 0 Å². The molecule has 2 aromatic carbocycles. The number of aryl methyl sites for hydroxylation is 1. The number of benzene rings is 2. The van der Waals surface area contributed by atoms with Crippen molar-refractivity contribution in [2.75, 3.05) is 10.6 Å². The first kappa shape index (κ1) is 12.9. The summed E-state index contributed by atoms with van der Waals surface area (Å²) in [5.41, 5.74) is 1.42. The minimum absolute atomic E-state index is 0.117. The van der Waals surface area contributed by atoms with E-state index in [1.165, 1.54) is 18.2 Å². The third-order valence-corrected chi connectivity index (χ3v) is 2.55. The Balaban J connectivity index is 2.01. The first-order chi connectivity index (χ1) is 9.04. The lowest BCUT2D eigenvalue weighted by molar-refractivity contribution is 0.262. The molecule has 2 amide bonds. The minimum Gasteiger partial charge on any atom is -0.508 e. The van der Waals surface area contributed by atoms with Gasteiger partial charge in [-0.25, -0.2) is 9.18 Å². The molecule has 5 heteroatoms. The highest BCUT2D eigenvalue weighted by molar-refractivity contribution is 5.99. The van der Waals surface area contributed by atoms with Crippen LogP contribution >= 0.6 is 0 Å². The Labute approximate surface area is 109 Å². The van der Waals surface area contributed by atoms with Gasteiger partial charge in [0.05, 0.1) is 0 Å². The van der Waals surface area contributed by atoms with Gasteiger partial charge in [0.1, 0.15) is 11.6 Å². The molecule has 98 valence electrons. The van der Waals surface area contributed by atoms with Gasteiger partial charge in [-0.3, -0.25) is 0 Å². The van der Waals surface area contributed by atoms with Crippen molar-refractivity contribution < 1.29 is 14.3 Å². The van der Waals surface area contributed by atoms with Crippen LogP contribution in [-0.2, 0) is 0 Å². The smallest absolute Gasteiger partial charge is 0.323 e. The summed E-state index contributed by atoms with van der Waals surface area (Å²) in [6.07, 6.45) is 0. The van der Waals surface area contributed by atoms with Crippen molar-refractivity contribution in [1.82, 2.24) is 0 Å². The Bertz CT molecular complexity index is 597. The van der Waals surface area contributed by atoms with Crippen molar-refractivity contribution >= 4 is 17.4 Å². The zero-order valence-electron chi connectivity index (χ0n) is 10.3. The van der Waals surface area contributed by atoms with Gasteiger partial charge < -0.3 is 15.7 Å². The van der Waals surface area contributed by atoms with Crippen LogP contribution in [0.2, 0.25) is 0 Å². The molecule has 0 fully saturated rings.